The molecule has 2 aromatic heterocycles. The van der Waals surface area contributed by atoms with E-state index in [1.165, 1.54) is 0 Å². The summed E-state index contributed by atoms with van der Waals surface area (Å²) in [7, 11) is 3.12. The molecule has 0 fully saturated rings. The van der Waals surface area contributed by atoms with Crippen LogP contribution >= 0.6 is 11.6 Å². The minimum Gasteiger partial charge on any atom is -0.493 e. The Labute approximate surface area is 191 Å². The second kappa shape index (κ2) is 9.32. The Hall–Kier alpha value is -3.51. The van der Waals surface area contributed by atoms with E-state index >= 15 is 0 Å². The lowest BCUT2D eigenvalue weighted by molar-refractivity contribution is 0.0955. The molecule has 0 spiro atoms. The molecule has 0 bridgehead atoms. The Bertz CT molecular complexity index is 1270. The summed E-state index contributed by atoms with van der Waals surface area (Å²) in [5, 5.41) is 4.35. The van der Waals surface area contributed by atoms with Gasteiger partial charge in [-0.2, -0.15) is 0 Å². The van der Waals surface area contributed by atoms with Gasteiger partial charge in [-0.25, -0.2) is 4.98 Å². The van der Waals surface area contributed by atoms with Gasteiger partial charge < -0.3 is 19.2 Å². The zero-order chi connectivity index (χ0) is 22.7. The van der Waals surface area contributed by atoms with Crippen LogP contribution in [0.4, 0.5) is 0 Å². The van der Waals surface area contributed by atoms with Crippen molar-refractivity contribution in [3.05, 3.63) is 76.5 Å². The fourth-order valence-corrected chi connectivity index (χ4v) is 3.63. The molecule has 4 aromatic rings. The van der Waals surface area contributed by atoms with Crippen molar-refractivity contribution in [1.82, 2.24) is 10.3 Å². The van der Waals surface area contributed by atoms with E-state index in [0.717, 1.165) is 11.3 Å². The third kappa shape index (κ3) is 4.55. The molecule has 164 valence electrons. The average Bonchev–Trinajstić information content (AvgIpc) is 3.24. The van der Waals surface area contributed by atoms with E-state index in [1.807, 2.05) is 43.3 Å². The molecule has 4 rings (SSSR count). The zero-order valence-corrected chi connectivity index (χ0v) is 18.8. The Morgan fingerprint density at radius 2 is 1.75 bits per heavy atom. The molecule has 0 saturated carbocycles. The predicted octanol–water partition coefficient (Wildman–Crippen LogP) is 5.45. The highest BCUT2D eigenvalue weighted by molar-refractivity contribution is 6.30. The molecule has 0 aliphatic rings. The van der Waals surface area contributed by atoms with Gasteiger partial charge in [-0.15, -0.1) is 0 Å². The SMILES string of the molecule is COc1cc2nc(-c3ccc(C)o3)cc(C(=O)NCCc3ccc(Cl)cc3)c2cc1OC. The zero-order valence-electron chi connectivity index (χ0n) is 18.1. The number of aryl methyl sites for hydroxylation is 1. The lowest BCUT2D eigenvalue weighted by Crippen LogP contribution is -2.26. The van der Waals surface area contributed by atoms with Crippen LogP contribution in [0.15, 0.2) is 59.0 Å². The Morgan fingerprint density at radius 1 is 1.03 bits per heavy atom. The first-order valence-electron chi connectivity index (χ1n) is 10.1. The predicted molar refractivity (Wildman–Crippen MR) is 125 cm³/mol. The third-order valence-electron chi connectivity index (χ3n) is 5.16. The standard InChI is InChI=1S/C25H23ClN2O4/c1-15-4-9-22(32-15)21-12-19(18-13-23(30-2)24(31-3)14-20(18)28-21)25(29)27-11-10-16-5-7-17(26)8-6-16/h4-9,12-14H,10-11H2,1-3H3,(H,27,29). The van der Waals surface area contributed by atoms with Crippen LogP contribution in [0.1, 0.15) is 21.7 Å². The number of ether oxygens (including phenoxy) is 2. The normalized spacial score (nSPS) is 10.9. The summed E-state index contributed by atoms with van der Waals surface area (Å²) >= 11 is 5.94. The van der Waals surface area contributed by atoms with E-state index in [1.54, 1.807) is 32.4 Å². The van der Waals surface area contributed by atoms with Crippen molar-refractivity contribution < 1.29 is 18.7 Å². The fourth-order valence-electron chi connectivity index (χ4n) is 3.51. The number of nitrogens with zero attached hydrogens (tertiary/aromatic N) is 1. The van der Waals surface area contributed by atoms with Gasteiger partial charge in [0, 0.05) is 23.0 Å². The maximum absolute atomic E-state index is 13.2. The maximum atomic E-state index is 13.2. The van der Waals surface area contributed by atoms with Gasteiger partial charge in [0.15, 0.2) is 17.3 Å². The van der Waals surface area contributed by atoms with Gasteiger partial charge in [0.25, 0.3) is 5.91 Å². The number of methoxy groups -OCH3 is 2. The van der Waals surface area contributed by atoms with Crippen LogP contribution in [0.3, 0.4) is 0 Å². The lowest BCUT2D eigenvalue weighted by Gasteiger charge is -2.13. The number of hydrogen-bond donors (Lipinski definition) is 1. The molecule has 7 heteroatoms. The van der Waals surface area contributed by atoms with Crippen LogP contribution in [0, 0.1) is 6.92 Å². The van der Waals surface area contributed by atoms with Crippen LogP contribution in [0.2, 0.25) is 5.02 Å². The van der Waals surface area contributed by atoms with Crippen LogP contribution in [-0.2, 0) is 6.42 Å². The Morgan fingerprint density at radius 3 is 2.41 bits per heavy atom. The molecule has 0 unspecified atom stereocenters. The number of carbonyl (C=O) groups is 1. The van der Waals surface area contributed by atoms with E-state index in [4.69, 9.17) is 30.5 Å². The van der Waals surface area contributed by atoms with Gasteiger partial charge in [0.2, 0.25) is 0 Å². The molecule has 1 N–H and O–H groups in total. The molecule has 0 radical (unpaired) electrons. The van der Waals surface area contributed by atoms with Crippen LogP contribution in [0.5, 0.6) is 11.5 Å². The van der Waals surface area contributed by atoms with E-state index < -0.39 is 0 Å². The number of furan rings is 1. The van der Waals surface area contributed by atoms with Crippen molar-refractivity contribution in [3.8, 4) is 23.0 Å². The fraction of sp³-hybridized carbons (Fsp3) is 0.200. The number of hydrogen-bond acceptors (Lipinski definition) is 5. The highest BCUT2D eigenvalue weighted by Crippen LogP contribution is 2.35. The molecule has 1 amide bonds. The first-order chi connectivity index (χ1) is 15.5. The number of amides is 1. The molecule has 0 saturated heterocycles. The molecule has 2 heterocycles. The smallest absolute Gasteiger partial charge is 0.252 e. The largest absolute Gasteiger partial charge is 0.493 e. The summed E-state index contributed by atoms with van der Waals surface area (Å²) in [6.07, 6.45) is 0.688. The summed E-state index contributed by atoms with van der Waals surface area (Å²) in [6, 6.07) is 16.6. The molecule has 32 heavy (non-hydrogen) atoms. The first kappa shape index (κ1) is 21.7. The minimum atomic E-state index is -0.205. The van der Waals surface area contributed by atoms with Gasteiger partial charge in [-0.3, -0.25) is 4.79 Å². The average molecular weight is 451 g/mol. The van der Waals surface area contributed by atoms with E-state index in [2.05, 4.69) is 5.32 Å². The summed E-state index contributed by atoms with van der Waals surface area (Å²) in [6.45, 7) is 2.34. The third-order valence-corrected chi connectivity index (χ3v) is 5.42. The van der Waals surface area contributed by atoms with Crippen molar-refractivity contribution in [3.63, 3.8) is 0 Å². The van der Waals surface area contributed by atoms with Crippen molar-refractivity contribution in [2.75, 3.05) is 20.8 Å². The molecule has 2 aromatic carbocycles. The molecule has 0 atom stereocenters. The van der Waals surface area contributed by atoms with Gasteiger partial charge in [-0.1, -0.05) is 23.7 Å². The highest BCUT2D eigenvalue weighted by atomic mass is 35.5. The van der Waals surface area contributed by atoms with Crippen LogP contribution < -0.4 is 14.8 Å². The number of pyridine rings is 1. The van der Waals surface area contributed by atoms with Crippen LogP contribution in [-0.4, -0.2) is 31.7 Å². The number of rotatable bonds is 7. The molecule has 6 nitrogen and oxygen atoms in total. The van der Waals surface area contributed by atoms with Crippen molar-refractivity contribution >= 4 is 28.4 Å². The van der Waals surface area contributed by atoms with E-state index in [-0.39, 0.29) is 5.91 Å². The maximum Gasteiger partial charge on any atom is 0.252 e. The summed E-state index contributed by atoms with van der Waals surface area (Å²) < 4.78 is 16.6. The number of aromatic nitrogens is 1. The summed E-state index contributed by atoms with van der Waals surface area (Å²) in [5.74, 6) is 2.22. The molecular weight excluding hydrogens is 428 g/mol. The number of nitrogens with one attached hydrogen (secondary N) is 1. The lowest BCUT2D eigenvalue weighted by atomic mass is 10.0. The number of halogens is 1. The molecule has 0 aliphatic carbocycles. The number of fused-ring (bicyclic) bond motifs is 1. The second-order valence-electron chi connectivity index (χ2n) is 7.32. The first-order valence-corrected chi connectivity index (χ1v) is 10.5. The van der Waals surface area contributed by atoms with Crippen molar-refractivity contribution in [1.29, 1.82) is 0 Å². The Kier molecular flexibility index (Phi) is 6.32. The van der Waals surface area contributed by atoms with Gasteiger partial charge >= 0.3 is 0 Å². The Balaban J connectivity index is 1.69. The van der Waals surface area contributed by atoms with Gasteiger partial charge in [-0.05, 0) is 55.3 Å². The second-order valence-corrected chi connectivity index (χ2v) is 7.76. The van der Waals surface area contributed by atoms with Gasteiger partial charge in [0.1, 0.15) is 11.5 Å². The minimum absolute atomic E-state index is 0.205. The van der Waals surface area contributed by atoms with E-state index in [9.17, 15) is 4.79 Å². The van der Waals surface area contributed by atoms with Crippen molar-refractivity contribution in [2.24, 2.45) is 0 Å². The molecular formula is C25H23ClN2O4. The highest BCUT2D eigenvalue weighted by Gasteiger charge is 2.18. The van der Waals surface area contributed by atoms with Crippen molar-refractivity contribution in [2.45, 2.75) is 13.3 Å². The van der Waals surface area contributed by atoms with E-state index in [0.29, 0.717) is 57.4 Å². The van der Waals surface area contributed by atoms with Crippen LogP contribution in [0.25, 0.3) is 22.4 Å². The monoisotopic (exact) mass is 450 g/mol. The molecule has 0 aliphatic heterocycles. The summed E-state index contributed by atoms with van der Waals surface area (Å²) in [5.41, 5.74) is 2.75. The van der Waals surface area contributed by atoms with Gasteiger partial charge in [0.05, 0.1) is 25.3 Å². The number of carbonyl (C=O) groups excluding carboxylic acids is 1. The summed E-state index contributed by atoms with van der Waals surface area (Å²) in [4.78, 5) is 17.9. The topological polar surface area (TPSA) is 73.6 Å². The number of benzene rings is 2. The quantitative estimate of drug-likeness (QED) is 0.405.